The highest BCUT2D eigenvalue weighted by atomic mass is 35.5. The van der Waals surface area contributed by atoms with E-state index in [9.17, 15) is 4.79 Å². The fraction of sp³-hybridized carbons (Fsp3) is 0.333. The number of carbonyl (C=O) groups is 1. The summed E-state index contributed by atoms with van der Waals surface area (Å²) in [5.74, 6) is 1.36. The Labute approximate surface area is 170 Å². The Kier molecular flexibility index (Phi) is 7.70. The first-order chi connectivity index (χ1) is 13.3. The maximum atomic E-state index is 11.1. The Morgan fingerprint density at radius 1 is 1.11 bits per heavy atom. The summed E-state index contributed by atoms with van der Waals surface area (Å²) in [6, 6.07) is 13.2. The van der Waals surface area contributed by atoms with Gasteiger partial charge in [-0.05, 0) is 41.3 Å². The van der Waals surface area contributed by atoms with Gasteiger partial charge >= 0.3 is 6.09 Å². The molecule has 28 heavy (non-hydrogen) atoms. The quantitative estimate of drug-likeness (QED) is 0.409. The van der Waals surface area contributed by atoms with Crippen molar-refractivity contribution in [3.05, 3.63) is 58.6 Å². The molecule has 0 radical (unpaired) electrons. The van der Waals surface area contributed by atoms with E-state index in [4.69, 9.17) is 21.1 Å². The molecule has 2 aromatic carbocycles. The summed E-state index contributed by atoms with van der Waals surface area (Å²) in [5, 5.41) is 4.33. The van der Waals surface area contributed by atoms with Crippen LogP contribution in [0.1, 0.15) is 31.9 Å². The number of methoxy groups -OCH3 is 1. The zero-order valence-corrected chi connectivity index (χ0v) is 17.2. The van der Waals surface area contributed by atoms with E-state index in [0.29, 0.717) is 29.5 Å². The van der Waals surface area contributed by atoms with Crippen molar-refractivity contribution in [3.63, 3.8) is 0 Å². The Morgan fingerprint density at radius 2 is 1.79 bits per heavy atom. The van der Waals surface area contributed by atoms with Crippen LogP contribution >= 0.6 is 11.6 Å². The molecule has 0 unspecified atom stereocenters. The van der Waals surface area contributed by atoms with Crippen LogP contribution in [0.3, 0.4) is 0 Å². The minimum atomic E-state index is -0.661. The summed E-state index contributed by atoms with van der Waals surface area (Å²) in [5.41, 5.74) is 4.20. The predicted molar refractivity (Wildman–Crippen MR) is 111 cm³/mol. The summed E-state index contributed by atoms with van der Waals surface area (Å²) >= 11 is 6.02. The Hall–Kier alpha value is -2.73. The van der Waals surface area contributed by atoms with Gasteiger partial charge in [-0.25, -0.2) is 10.2 Å². The SMILES string of the molecule is COC(=O)NN=Cc1cc(Cl)ccc1OCCOc1ccc(C(C)(C)C)cc1. The van der Waals surface area contributed by atoms with Gasteiger partial charge in [0.1, 0.15) is 24.7 Å². The molecule has 0 fully saturated rings. The number of nitrogens with zero attached hydrogens (tertiary/aromatic N) is 1. The third-order valence-electron chi connectivity index (χ3n) is 3.85. The first-order valence-corrected chi connectivity index (χ1v) is 9.20. The van der Waals surface area contributed by atoms with Crippen molar-refractivity contribution in [1.82, 2.24) is 5.43 Å². The number of amides is 1. The number of carbonyl (C=O) groups excluding carboxylic acids is 1. The molecule has 0 bridgehead atoms. The van der Waals surface area contributed by atoms with Crippen molar-refractivity contribution in [2.24, 2.45) is 5.10 Å². The number of hydrogen-bond acceptors (Lipinski definition) is 5. The van der Waals surface area contributed by atoms with Gasteiger partial charge in [0.2, 0.25) is 0 Å². The van der Waals surface area contributed by atoms with Gasteiger partial charge in [-0.2, -0.15) is 5.10 Å². The van der Waals surface area contributed by atoms with Gasteiger partial charge in [0.15, 0.2) is 0 Å². The maximum Gasteiger partial charge on any atom is 0.427 e. The fourth-order valence-electron chi connectivity index (χ4n) is 2.31. The van der Waals surface area contributed by atoms with Crippen molar-refractivity contribution in [2.75, 3.05) is 20.3 Å². The van der Waals surface area contributed by atoms with E-state index in [0.717, 1.165) is 5.75 Å². The predicted octanol–water partition coefficient (Wildman–Crippen LogP) is 4.79. The third-order valence-corrected chi connectivity index (χ3v) is 4.08. The topological polar surface area (TPSA) is 69.2 Å². The number of hydrogen-bond donors (Lipinski definition) is 1. The maximum absolute atomic E-state index is 11.1. The van der Waals surface area contributed by atoms with Gasteiger partial charge in [-0.3, -0.25) is 0 Å². The Bertz CT molecular complexity index is 814. The van der Waals surface area contributed by atoms with Gasteiger partial charge in [0, 0.05) is 10.6 Å². The first-order valence-electron chi connectivity index (χ1n) is 8.82. The van der Waals surface area contributed by atoms with Crippen molar-refractivity contribution in [3.8, 4) is 11.5 Å². The van der Waals surface area contributed by atoms with Crippen molar-refractivity contribution < 1.29 is 19.0 Å². The van der Waals surface area contributed by atoms with Gasteiger partial charge in [-0.15, -0.1) is 0 Å². The third kappa shape index (κ3) is 6.78. The van der Waals surface area contributed by atoms with Crippen LogP contribution in [0.25, 0.3) is 0 Å². The van der Waals surface area contributed by atoms with Crippen LogP contribution < -0.4 is 14.9 Å². The highest BCUT2D eigenvalue weighted by molar-refractivity contribution is 6.30. The molecule has 0 aliphatic heterocycles. The monoisotopic (exact) mass is 404 g/mol. The van der Waals surface area contributed by atoms with Crippen LogP contribution in [0.5, 0.6) is 11.5 Å². The van der Waals surface area contributed by atoms with Crippen LogP contribution in [-0.4, -0.2) is 32.6 Å². The van der Waals surface area contributed by atoms with E-state index in [1.165, 1.54) is 18.9 Å². The van der Waals surface area contributed by atoms with E-state index in [2.05, 4.69) is 48.2 Å². The van der Waals surface area contributed by atoms with Gasteiger partial charge in [0.05, 0.1) is 13.3 Å². The molecule has 0 atom stereocenters. The standard InChI is InChI=1S/C21H25ClN2O4/c1-21(2,3)16-5-8-18(9-6-16)27-11-12-28-19-10-7-17(22)13-15(19)14-23-24-20(25)26-4/h5-10,13-14H,11-12H2,1-4H3,(H,24,25). The number of nitrogens with one attached hydrogen (secondary N) is 1. The van der Waals surface area contributed by atoms with Crippen LogP contribution in [-0.2, 0) is 10.2 Å². The molecule has 2 aromatic rings. The van der Waals surface area contributed by atoms with Crippen LogP contribution in [0, 0.1) is 0 Å². The number of halogens is 1. The minimum absolute atomic E-state index is 0.108. The van der Waals surface area contributed by atoms with Crippen LogP contribution in [0.2, 0.25) is 5.02 Å². The summed E-state index contributed by atoms with van der Waals surface area (Å²) < 4.78 is 15.9. The molecule has 0 saturated heterocycles. The lowest BCUT2D eigenvalue weighted by Crippen LogP contribution is -2.17. The largest absolute Gasteiger partial charge is 0.490 e. The highest BCUT2D eigenvalue weighted by Crippen LogP contribution is 2.24. The second kappa shape index (κ2) is 9.99. The molecule has 0 spiro atoms. The van der Waals surface area contributed by atoms with Gasteiger partial charge < -0.3 is 14.2 Å². The van der Waals surface area contributed by atoms with Crippen molar-refractivity contribution in [1.29, 1.82) is 0 Å². The van der Waals surface area contributed by atoms with E-state index in [1.807, 2.05) is 12.1 Å². The summed E-state index contributed by atoms with van der Waals surface area (Å²) in [6.07, 6.45) is 0.774. The smallest absolute Gasteiger partial charge is 0.427 e. The molecule has 0 heterocycles. The number of benzene rings is 2. The van der Waals surface area contributed by atoms with E-state index in [-0.39, 0.29) is 5.41 Å². The Morgan fingerprint density at radius 3 is 2.43 bits per heavy atom. The van der Waals surface area contributed by atoms with E-state index >= 15 is 0 Å². The Balaban J connectivity index is 1.89. The molecule has 0 saturated carbocycles. The lowest BCUT2D eigenvalue weighted by atomic mass is 9.87. The zero-order valence-electron chi connectivity index (χ0n) is 16.5. The molecule has 0 aliphatic carbocycles. The van der Waals surface area contributed by atoms with E-state index < -0.39 is 6.09 Å². The zero-order chi connectivity index (χ0) is 20.6. The summed E-state index contributed by atoms with van der Waals surface area (Å²) in [4.78, 5) is 11.1. The lowest BCUT2D eigenvalue weighted by molar-refractivity contribution is 0.171. The highest BCUT2D eigenvalue weighted by Gasteiger charge is 2.13. The normalized spacial score (nSPS) is 11.3. The molecular formula is C21H25ClN2O4. The average molecular weight is 405 g/mol. The first kappa shape index (κ1) is 21.6. The minimum Gasteiger partial charge on any atom is -0.490 e. The lowest BCUT2D eigenvalue weighted by Gasteiger charge is -2.19. The molecule has 1 amide bonds. The van der Waals surface area contributed by atoms with Crippen molar-refractivity contribution >= 4 is 23.9 Å². The second-order valence-electron chi connectivity index (χ2n) is 7.02. The molecular weight excluding hydrogens is 380 g/mol. The summed E-state index contributed by atoms with van der Waals surface area (Å²) in [7, 11) is 1.26. The summed E-state index contributed by atoms with van der Waals surface area (Å²) in [6.45, 7) is 7.24. The molecule has 1 N–H and O–H groups in total. The van der Waals surface area contributed by atoms with Gasteiger partial charge in [0.25, 0.3) is 0 Å². The van der Waals surface area contributed by atoms with Crippen LogP contribution in [0.15, 0.2) is 47.6 Å². The van der Waals surface area contributed by atoms with E-state index in [1.54, 1.807) is 18.2 Å². The molecule has 2 rings (SSSR count). The molecule has 6 nitrogen and oxygen atoms in total. The number of ether oxygens (including phenoxy) is 3. The molecule has 0 aromatic heterocycles. The molecule has 0 aliphatic rings. The van der Waals surface area contributed by atoms with Crippen LogP contribution in [0.4, 0.5) is 4.79 Å². The molecule has 7 heteroatoms. The average Bonchev–Trinajstić information content (AvgIpc) is 2.66. The number of hydrazone groups is 1. The van der Waals surface area contributed by atoms with Crippen molar-refractivity contribution in [2.45, 2.75) is 26.2 Å². The number of rotatable bonds is 7. The fourth-order valence-corrected chi connectivity index (χ4v) is 2.49. The second-order valence-corrected chi connectivity index (χ2v) is 7.45. The molecule has 150 valence electrons. The van der Waals surface area contributed by atoms with Gasteiger partial charge in [-0.1, -0.05) is 44.5 Å².